The zero-order valence-electron chi connectivity index (χ0n) is 20.6. The molecule has 0 spiro atoms. The van der Waals surface area contributed by atoms with Gasteiger partial charge in [0.15, 0.2) is 0 Å². The van der Waals surface area contributed by atoms with E-state index in [0.29, 0.717) is 22.7 Å². The zero-order chi connectivity index (χ0) is 25.6. The highest BCUT2D eigenvalue weighted by Gasteiger charge is 2.32. The number of carbonyl (C=O) groups is 2. The summed E-state index contributed by atoms with van der Waals surface area (Å²) in [5.41, 5.74) is 2.75. The van der Waals surface area contributed by atoms with E-state index in [9.17, 15) is 18.0 Å². The fourth-order valence-corrected chi connectivity index (χ4v) is 4.80. The molecule has 0 heterocycles. The maximum absolute atomic E-state index is 13.7. The van der Waals surface area contributed by atoms with Crippen LogP contribution in [-0.4, -0.2) is 50.0 Å². The van der Waals surface area contributed by atoms with Crippen molar-refractivity contribution in [2.45, 2.75) is 59.7 Å². The summed E-state index contributed by atoms with van der Waals surface area (Å²) in [6, 6.07) is 11.7. The van der Waals surface area contributed by atoms with Crippen LogP contribution in [0.25, 0.3) is 0 Å². The van der Waals surface area contributed by atoms with Crippen LogP contribution in [0.5, 0.6) is 0 Å². The number of amides is 2. The van der Waals surface area contributed by atoms with Crippen LogP contribution >= 0.6 is 11.6 Å². The minimum atomic E-state index is -3.81. The largest absolute Gasteiger partial charge is 0.352 e. The average molecular weight is 508 g/mol. The van der Waals surface area contributed by atoms with Gasteiger partial charge in [-0.1, -0.05) is 48.9 Å². The first kappa shape index (κ1) is 27.7. The van der Waals surface area contributed by atoms with Gasteiger partial charge in [-0.15, -0.1) is 0 Å². The number of aryl methyl sites for hydroxylation is 1. The van der Waals surface area contributed by atoms with Crippen LogP contribution in [0.3, 0.4) is 0 Å². The summed E-state index contributed by atoms with van der Waals surface area (Å²) >= 11 is 6.22. The molecule has 7 nitrogen and oxygen atoms in total. The van der Waals surface area contributed by atoms with Gasteiger partial charge in [0.2, 0.25) is 21.8 Å². The molecular formula is C25H34ClN3O4S. The Morgan fingerprint density at radius 1 is 1.06 bits per heavy atom. The third kappa shape index (κ3) is 6.96. The molecule has 9 heteroatoms. The first-order valence-electron chi connectivity index (χ1n) is 11.2. The predicted molar refractivity (Wildman–Crippen MR) is 137 cm³/mol. The molecule has 0 fully saturated rings. The van der Waals surface area contributed by atoms with Gasteiger partial charge in [0, 0.05) is 17.6 Å². The van der Waals surface area contributed by atoms with Gasteiger partial charge < -0.3 is 10.2 Å². The van der Waals surface area contributed by atoms with Crippen LogP contribution in [0.15, 0.2) is 42.5 Å². The lowest BCUT2D eigenvalue weighted by Gasteiger charge is -2.33. The molecule has 0 aromatic heterocycles. The number of hydrogen-bond acceptors (Lipinski definition) is 4. The van der Waals surface area contributed by atoms with Gasteiger partial charge in [0.25, 0.3) is 0 Å². The number of halogens is 1. The maximum Gasteiger partial charge on any atom is 0.244 e. The van der Waals surface area contributed by atoms with Gasteiger partial charge in [0.1, 0.15) is 12.6 Å². The molecule has 2 aromatic carbocycles. The topological polar surface area (TPSA) is 86.8 Å². The van der Waals surface area contributed by atoms with E-state index in [0.717, 1.165) is 21.7 Å². The molecule has 34 heavy (non-hydrogen) atoms. The number of nitrogens with one attached hydrogen (secondary N) is 1. The summed E-state index contributed by atoms with van der Waals surface area (Å²) in [6.07, 6.45) is 1.43. The molecule has 1 atom stereocenters. The van der Waals surface area contributed by atoms with Crippen molar-refractivity contribution in [3.8, 4) is 0 Å². The van der Waals surface area contributed by atoms with Gasteiger partial charge in [-0.3, -0.25) is 13.9 Å². The van der Waals surface area contributed by atoms with E-state index in [1.165, 1.54) is 4.90 Å². The Balaban J connectivity index is 2.50. The molecule has 0 saturated heterocycles. The van der Waals surface area contributed by atoms with Crippen molar-refractivity contribution in [3.63, 3.8) is 0 Å². The number of benzene rings is 2. The van der Waals surface area contributed by atoms with Crippen LogP contribution in [-0.2, 0) is 26.2 Å². The molecule has 2 rings (SSSR count). The summed E-state index contributed by atoms with van der Waals surface area (Å²) in [4.78, 5) is 28.2. The zero-order valence-corrected chi connectivity index (χ0v) is 22.2. The Bertz CT molecular complexity index is 1130. The molecule has 0 unspecified atom stereocenters. The van der Waals surface area contributed by atoms with Crippen molar-refractivity contribution >= 4 is 39.1 Å². The number of carbonyl (C=O) groups excluding carboxylic acids is 2. The van der Waals surface area contributed by atoms with E-state index in [1.54, 1.807) is 25.1 Å². The standard InChI is InChI=1S/C25H34ClN3O4S/c1-7-22(25(31)27-17(2)3)28(15-20-12-9-8-11-18(20)4)24(30)16-29(34(6,32)33)23-14-10-13-21(26)19(23)5/h8-14,17,22H,7,15-16H2,1-6H3,(H,27,31)/t22-/m1/s1. The van der Waals surface area contributed by atoms with Crippen molar-refractivity contribution in [1.82, 2.24) is 10.2 Å². The van der Waals surface area contributed by atoms with E-state index in [-0.39, 0.29) is 18.5 Å². The third-order valence-corrected chi connectivity index (χ3v) is 7.14. The van der Waals surface area contributed by atoms with E-state index in [4.69, 9.17) is 11.6 Å². The monoisotopic (exact) mass is 507 g/mol. The number of nitrogens with zero attached hydrogens (tertiary/aromatic N) is 2. The molecule has 0 bridgehead atoms. The molecule has 1 N–H and O–H groups in total. The number of anilines is 1. The fraction of sp³-hybridized carbons (Fsp3) is 0.440. The minimum absolute atomic E-state index is 0.0985. The van der Waals surface area contributed by atoms with Gasteiger partial charge >= 0.3 is 0 Å². The van der Waals surface area contributed by atoms with E-state index in [1.807, 2.05) is 52.0 Å². The summed E-state index contributed by atoms with van der Waals surface area (Å²) < 4.78 is 26.5. The van der Waals surface area contributed by atoms with Gasteiger partial charge in [-0.05, 0) is 62.9 Å². The lowest BCUT2D eigenvalue weighted by molar-refractivity contribution is -0.140. The van der Waals surface area contributed by atoms with Crippen LogP contribution < -0.4 is 9.62 Å². The van der Waals surface area contributed by atoms with E-state index >= 15 is 0 Å². The van der Waals surface area contributed by atoms with Crippen molar-refractivity contribution in [3.05, 3.63) is 64.2 Å². The Morgan fingerprint density at radius 2 is 1.71 bits per heavy atom. The van der Waals surface area contributed by atoms with Crippen LogP contribution in [0.2, 0.25) is 5.02 Å². The molecule has 0 aliphatic heterocycles. The summed E-state index contributed by atoms with van der Waals surface area (Å²) in [5, 5.41) is 3.28. The highest BCUT2D eigenvalue weighted by atomic mass is 35.5. The second-order valence-corrected chi connectivity index (χ2v) is 11.0. The molecular weight excluding hydrogens is 474 g/mol. The Hall–Kier alpha value is -2.58. The van der Waals surface area contributed by atoms with Gasteiger partial charge in [0.05, 0.1) is 11.9 Å². The molecule has 0 saturated carbocycles. The lowest BCUT2D eigenvalue weighted by Crippen LogP contribution is -2.53. The molecule has 0 radical (unpaired) electrons. The highest BCUT2D eigenvalue weighted by Crippen LogP contribution is 2.28. The fourth-order valence-electron chi connectivity index (χ4n) is 3.73. The SMILES string of the molecule is CC[C@H](C(=O)NC(C)C)N(Cc1ccccc1C)C(=O)CN(c1cccc(Cl)c1C)S(C)(=O)=O. The lowest BCUT2D eigenvalue weighted by atomic mass is 10.1. The summed E-state index contributed by atoms with van der Waals surface area (Å²) in [6.45, 7) is 8.91. The summed E-state index contributed by atoms with van der Waals surface area (Å²) in [5.74, 6) is -0.747. The quantitative estimate of drug-likeness (QED) is 0.525. The first-order valence-corrected chi connectivity index (χ1v) is 13.5. The Morgan fingerprint density at radius 3 is 2.26 bits per heavy atom. The number of sulfonamides is 1. The molecule has 2 amide bonds. The minimum Gasteiger partial charge on any atom is -0.352 e. The third-order valence-electron chi connectivity index (χ3n) is 5.61. The van der Waals surface area contributed by atoms with Gasteiger partial charge in [-0.25, -0.2) is 8.42 Å². The Labute approximate surface area is 208 Å². The normalized spacial score (nSPS) is 12.4. The molecule has 186 valence electrons. The molecule has 0 aliphatic carbocycles. The van der Waals surface area contributed by atoms with Crippen LogP contribution in [0.4, 0.5) is 5.69 Å². The van der Waals surface area contributed by atoms with Crippen LogP contribution in [0.1, 0.15) is 43.9 Å². The number of rotatable bonds is 10. The molecule has 2 aromatic rings. The summed E-state index contributed by atoms with van der Waals surface area (Å²) in [7, 11) is -3.81. The van der Waals surface area contributed by atoms with Crippen molar-refractivity contribution in [2.24, 2.45) is 0 Å². The average Bonchev–Trinajstić information content (AvgIpc) is 2.74. The van der Waals surface area contributed by atoms with Gasteiger partial charge in [-0.2, -0.15) is 0 Å². The van der Waals surface area contributed by atoms with E-state index in [2.05, 4.69) is 5.32 Å². The number of hydrogen-bond donors (Lipinski definition) is 1. The van der Waals surface area contributed by atoms with Crippen LogP contribution in [0, 0.1) is 13.8 Å². The highest BCUT2D eigenvalue weighted by molar-refractivity contribution is 7.92. The van der Waals surface area contributed by atoms with Crippen molar-refractivity contribution in [2.75, 3.05) is 17.1 Å². The smallest absolute Gasteiger partial charge is 0.244 e. The Kier molecular flexibility index (Phi) is 9.53. The van der Waals surface area contributed by atoms with Crippen molar-refractivity contribution < 1.29 is 18.0 Å². The maximum atomic E-state index is 13.7. The second kappa shape index (κ2) is 11.7. The first-order chi connectivity index (χ1) is 15.9. The van der Waals surface area contributed by atoms with Crippen molar-refractivity contribution in [1.29, 1.82) is 0 Å². The van der Waals surface area contributed by atoms with E-state index < -0.39 is 28.5 Å². The second-order valence-electron chi connectivity index (χ2n) is 8.69. The predicted octanol–water partition coefficient (Wildman–Crippen LogP) is 4.05. The molecule has 0 aliphatic rings.